The van der Waals surface area contributed by atoms with Gasteiger partial charge in [-0.1, -0.05) is 37.6 Å². The monoisotopic (exact) mass is 335 g/mol. The van der Waals surface area contributed by atoms with Crippen LogP contribution < -0.4 is 15.2 Å². The van der Waals surface area contributed by atoms with Crippen molar-refractivity contribution in [1.29, 1.82) is 0 Å². The molecule has 124 valence electrons. The van der Waals surface area contributed by atoms with Gasteiger partial charge in [0, 0.05) is 21.8 Å². The number of ether oxygens (including phenoxy) is 2. The molecule has 0 heterocycles. The predicted molar refractivity (Wildman–Crippen MR) is 93.6 cm³/mol. The molecule has 0 aliphatic carbocycles. The van der Waals surface area contributed by atoms with E-state index in [1.807, 2.05) is 19.9 Å². The van der Waals surface area contributed by atoms with Crippen molar-refractivity contribution in [3.63, 3.8) is 0 Å². The van der Waals surface area contributed by atoms with Crippen molar-refractivity contribution in [2.45, 2.75) is 25.9 Å². The fourth-order valence-corrected chi connectivity index (χ4v) is 2.89. The predicted octanol–water partition coefficient (Wildman–Crippen LogP) is 4.14. The van der Waals surface area contributed by atoms with E-state index < -0.39 is 6.10 Å². The molecule has 2 rings (SSSR count). The maximum atomic E-state index is 10.9. The Kier molecular flexibility index (Phi) is 5.39. The van der Waals surface area contributed by atoms with Crippen LogP contribution >= 0.6 is 11.6 Å². The van der Waals surface area contributed by atoms with E-state index >= 15 is 0 Å². The van der Waals surface area contributed by atoms with Gasteiger partial charge in [0.05, 0.1) is 14.2 Å². The van der Waals surface area contributed by atoms with E-state index in [2.05, 4.69) is 0 Å². The lowest BCUT2D eigenvalue weighted by Crippen LogP contribution is -2.09. The van der Waals surface area contributed by atoms with Gasteiger partial charge in [-0.15, -0.1) is 0 Å². The molecular weight excluding hydrogens is 314 g/mol. The van der Waals surface area contributed by atoms with E-state index in [0.717, 1.165) is 5.56 Å². The fourth-order valence-electron chi connectivity index (χ4n) is 2.66. The molecule has 0 radical (unpaired) electrons. The molecule has 2 aromatic carbocycles. The minimum atomic E-state index is -0.962. The molecule has 0 aliphatic rings. The average molecular weight is 336 g/mol. The number of rotatable bonds is 5. The van der Waals surface area contributed by atoms with Crippen LogP contribution in [0.5, 0.6) is 11.5 Å². The number of aliphatic hydroxyl groups excluding tert-OH is 1. The first-order valence-electron chi connectivity index (χ1n) is 7.38. The highest BCUT2D eigenvalue weighted by atomic mass is 35.5. The van der Waals surface area contributed by atoms with Gasteiger partial charge in [-0.2, -0.15) is 0 Å². The number of nitrogen functional groups attached to an aromatic ring is 1. The number of benzene rings is 2. The van der Waals surface area contributed by atoms with E-state index in [1.54, 1.807) is 31.4 Å². The van der Waals surface area contributed by atoms with E-state index in [-0.39, 0.29) is 5.92 Å². The first-order valence-corrected chi connectivity index (χ1v) is 7.76. The fraction of sp³-hybridized carbons (Fsp3) is 0.333. The minimum absolute atomic E-state index is 0.201. The number of hydrogen-bond acceptors (Lipinski definition) is 4. The Balaban J connectivity index is 2.60. The summed E-state index contributed by atoms with van der Waals surface area (Å²) in [5.41, 5.74) is 8.86. The number of para-hydroxylation sites is 1. The van der Waals surface area contributed by atoms with Crippen LogP contribution in [0, 0.1) is 0 Å². The van der Waals surface area contributed by atoms with Crippen LogP contribution in [0.4, 0.5) is 5.69 Å². The molecular formula is C18H22ClNO3. The molecule has 2 aromatic rings. The molecule has 23 heavy (non-hydrogen) atoms. The zero-order valence-electron chi connectivity index (χ0n) is 13.8. The lowest BCUT2D eigenvalue weighted by atomic mass is 9.92. The topological polar surface area (TPSA) is 64.7 Å². The molecule has 0 aromatic heterocycles. The molecule has 0 spiro atoms. The Hall–Kier alpha value is -1.91. The number of hydrogen-bond donors (Lipinski definition) is 2. The van der Waals surface area contributed by atoms with Crippen molar-refractivity contribution < 1.29 is 14.6 Å². The highest BCUT2D eigenvalue weighted by molar-refractivity contribution is 6.30. The first kappa shape index (κ1) is 17.4. The van der Waals surface area contributed by atoms with Gasteiger partial charge in [-0.3, -0.25) is 0 Å². The normalized spacial score (nSPS) is 12.3. The number of aliphatic hydroxyl groups is 1. The third-order valence-corrected chi connectivity index (χ3v) is 4.07. The molecule has 5 heteroatoms. The molecule has 0 fully saturated rings. The van der Waals surface area contributed by atoms with Crippen molar-refractivity contribution in [3.8, 4) is 11.5 Å². The summed E-state index contributed by atoms with van der Waals surface area (Å²) in [6, 6.07) is 8.87. The number of anilines is 1. The zero-order chi connectivity index (χ0) is 17.1. The highest BCUT2D eigenvalue weighted by Crippen LogP contribution is 2.40. The molecule has 4 nitrogen and oxygen atoms in total. The van der Waals surface area contributed by atoms with Gasteiger partial charge in [-0.25, -0.2) is 0 Å². The lowest BCUT2D eigenvalue weighted by Gasteiger charge is -2.21. The van der Waals surface area contributed by atoms with Gasteiger partial charge in [0.1, 0.15) is 6.10 Å². The second kappa shape index (κ2) is 7.11. The molecule has 0 saturated heterocycles. The molecule has 1 unspecified atom stereocenters. The number of methoxy groups -OCH3 is 2. The van der Waals surface area contributed by atoms with E-state index in [9.17, 15) is 5.11 Å². The van der Waals surface area contributed by atoms with Gasteiger partial charge < -0.3 is 20.3 Å². The van der Waals surface area contributed by atoms with Crippen LogP contribution in [0.25, 0.3) is 0 Å². The molecule has 0 amide bonds. The Bertz CT molecular complexity index is 701. The Morgan fingerprint density at radius 2 is 1.70 bits per heavy atom. The van der Waals surface area contributed by atoms with Gasteiger partial charge in [0.15, 0.2) is 11.5 Å². The summed E-state index contributed by atoms with van der Waals surface area (Å²) in [7, 11) is 3.09. The van der Waals surface area contributed by atoms with Crippen LogP contribution in [0.3, 0.4) is 0 Å². The summed E-state index contributed by atoms with van der Waals surface area (Å²) in [6.45, 7) is 4.06. The van der Waals surface area contributed by atoms with Gasteiger partial charge in [0.2, 0.25) is 0 Å². The largest absolute Gasteiger partial charge is 0.493 e. The average Bonchev–Trinajstić information content (AvgIpc) is 2.54. The maximum Gasteiger partial charge on any atom is 0.166 e. The second-order valence-electron chi connectivity index (χ2n) is 5.64. The van der Waals surface area contributed by atoms with Crippen LogP contribution in [0.1, 0.15) is 42.6 Å². The maximum absolute atomic E-state index is 10.9. The van der Waals surface area contributed by atoms with Crippen molar-refractivity contribution >= 4 is 17.3 Å². The van der Waals surface area contributed by atoms with E-state index in [4.69, 9.17) is 26.8 Å². The van der Waals surface area contributed by atoms with E-state index in [0.29, 0.717) is 33.3 Å². The second-order valence-corrected chi connectivity index (χ2v) is 6.07. The smallest absolute Gasteiger partial charge is 0.166 e. The number of halogens is 1. The summed E-state index contributed by atoms with van der Waals surface area (Å²) < 4.78 is 10.7. The quantitative estimate of drug-likeness (QED) is 0.806. The zero-order valence-corrected chi connectivity index (χ0v) is 14.5. The molecule has 1 atom stereocenters. The molecule has 0 bridgehead atoms. The summed E-state index contributed by atoms with van der Waals surface area (Å²) >= 11 is 6.21. The van der Waals surface area contributed by atoms with Crippen molar-refractivity contribution in [3.05, 3.63) is 52.0 Å². The minimum Gasteiger partial charge on any atom is -0.493 e. The standard InChI is InChI=1S/C18H22ClNO3/c1-10(2)13-8-11(19)9-14(16(13)20)17(21)12-6-5-7-15(22-3)18(12)23-4/h5-10,17,21H,20H2,1-4H3. The first-order chi connectivity index (χ1) is 10.9. The summed E-state index contributed by atoms with van der Waals surface area (Å²) in [5, 5.41) is 11.4. The molecule has 0 saturated carbocycles. The lowest BCUT2D eigenvalue weighted by molar-refractivity contribution is 0.213. The third-order valence-electron chi connectivity index (χ3n) is 3.85. The summed E-state index contributed by atoms with van der Waals surface area (Å²) in [6.07, 6.45) is -0.962. The Labute approximate surface area is 141 Å². The highest BCUT2D eigenvalue weighted by Gasteiger charge is 2.22. The third kappa shape index (κ3) is 3.38. The Morgan fingerprint density at radius 3 is 2.26 bits per heavy atom. The summed E-state index contributed by atoms with van der Waals surface area (Å²) in [4.78, 5) is 0. The van der Waals surface area contributed by atoms with Crippen molar-refractivity contribution in [2.24, 2.45) is 0 Å². The molecule has 3 N–H and O–H groups in total. The van der Waals surface area contributed by atoms with Crippen LogP contribution in [0.2, 0.25) is 5.02 Å². The van der Waals surface area contributed by atoms with Crippen LogP contribution in [0.15, 0.2) is 30.3 Å². The van der Waals surface area contributed by atoms with Gasteiger partial charge in [-0.05, 0) is 29.7 Å². The van der Waals surface area contributed by atoms with Crippen molar-refractivity contribution in [1.82, 2.24) is 0 Å². The van der Waals surface area contributed by atoms with E-state index in [1.165, 1.54) is 7.11 Å². The Morgan fingerprint density at radius 1 is 1.04 bits per heavy atom. The molecule has 0 aliphatic heterocycles. The number of nitrogens with two attached hydrogens (primary N) is 1. The summed E-state index contributed by atoms with van der Waals surface area (Å²) in [5.74, 6) is 1.23. The van der Waals surface area contributed by atoms with Crippen LogP contribution in [-0.4, -0.2) is 19.3 Å². The van der Waals surface area contributed by atoms with Gasteiger partial charge >= 0.3 is 0 Å². The van der Waals surface area contributed by atoms with Crippen molar-refractivity contribution in [2.75, 3.05) is 20.0 Å². The SMILES string of the molecule is COc1cccc(C(O)c2cc(Cl)cc(C(C)C)c2N)c1OC. The van der Waals surface area contributed by atoms with Crippen LogP contribution in [-0.2, 0) is 0 Å². The van der Waals surface area contributed by atoms with Gasteiger partial charge in [0.25, 0.3) is 0 Å².